The molecule has 0 aliphatic rings. The molecule has 0 radical (unpaired) electrons. The standard InChI is InChI=1S/C18H14N2O4/c1-20-10-12(9-15(20)18(22)23)16(19-24)17(21)14-8-4-6-11-5-2-3-7-13(11)14/h2-10,16H,1H3,(H,22,23). The number of hydrogen-bond acceptors (Lipinski definition) is 4. The molecule has 6 heteroatoms. The van der Waals surface area contributed by atoms with E-state index in [0.29, 0.717) is 5.56 Å². The van der Waals surface area contributed by atoms with E-state index in [4.69, 9.17) is 5.11 Å². The summed E-state index contributed by atoms with van der Waals surface area (Å²) in [4.78, 5) is 35.3. The van der Waals surface area contributed by atoms with E-state index in [1.165, 1.54) is 23.9 Å². The minimum atomic E-state index is -1.28. The van der Waals surface area contributed by atoms with Gasteiger partial charge in [0.15, 0.2) is 11.8 Å². The molecule has 0 aliphatic heterocycles. The van der Waals surface area contributed by atoms with Gasteiger partial charge in [0.25, 0.3) is 0 Å². The number of aromatic nitrogens is 1. The first kappa shape index (κ1) is 15.6. The molecule has 0 saturated heterocycles. The highest BCUT2D eigenvalue weighted by molar-refractivity contribution is 6.10. The first-order valence-corrected chi connectivity index (χ1v) is 7.27. The fourth-order valence-electron chi connectivity index (χ4n) is 2.80. The molecule has 0 fully saturated rings. The van der Waals surface area contributed by atoms with Gasteiger partial charge in [0, 0.05) is 24.4 Å². The summed E-state index contributed by atoms with van der Waals surface area (Å²) in [6, 6.07) is 12.6. The Morgan fingerprint density at radius 3 is 2.50 bits per heavy atom. The van der Waals surface area contributed by atoms with E-state index in [1.807, 2.05) is 24.3 Å². The van der Waals surface area contributed by atoms with Crippen molar-refractivity contribution in [1.29, 1.82) is 0 Å². The van der Waals surface area contributed by atoms with Crippen molar-refractivity contribution in [3.8, 4) is 0 Å². The third-order valence-corrected chi connectivity index (χ3v) is 3.97. The topological polar surface area (TPSA) is 88.7 Å². The molecule has 6 nitrogen and oxygen atoms in total. The lowest BCUT2D eigenvalue weighted by Gasteiger charge is -2.09. The quantitative estimate of drug-likeness (QED) is 0.574. The van der Waals surface area contributed by atoms with Gasteiger partial charge in [-0.25, -0.2) is 4.79 Å². The van der Waals surface area contributed by atoms with Crippen LogP contribution in [-0.2, 0) is 7.05 Å². The molecule has 1 unspecified atom stereocenters. The van der Waals surface area contributed by atoms with Crippen molar-refractivity contribution in [3.63, 3.8) is 0 Å². The molecule has 2 aromatic carbocycles. The number of hydrogen-bond donors (Lipinski definition) is 1. The SMILES string of the molecule is Cn1cc(C(N=O)C(=O)c2cccc3ccccc23)cc1C(=O)O. The molecule has 24 heavy (non-hydrogen) atoms. The number of ketones is 1. The number of carboxylic acid groups (broad SMARTS) is 1. The summed E-state index contributed by atoms with van der Waals surface area (Å²) >= 11 is 0. The first-order valence-electron chi connectivity index (χ1n) is 7.27. The van der Waals surface area contributed by atoms with Crippen LogP contribution in [0.2, 0.25) is 0 Å². The van der Waals surface area contributed by atoms with Crippen LogP contribution < -0.4 is 0 Å². The van der Waals surface area contributed by atoms with E-state index in [9.17, 15) is 14.5 Å². The van der Waals surface area contributed by atoms with Gasteiger partial charge < -0.3 is 9.67 Å². The summed E-state index contributed by atoms with van der Waals surface area (Å²) in [5.74, 6) is -1.59. The zero-order chi connectivity index (χ0) is 17.3. The molecule has 0 spiro atoms. The lowest BCUT2D eigenvalue weighted by Crippen LogP contribution is -2.10. The molecule has 0 aliphatic carbocycles. The van der Waals surface area contributed by atoms with Crippen LogP contribution in [0.4, 0.5) is 0 Å². The number of fused-ring (bicyclic) bond motifs is 1. The molecular weight excluding hydrogens is 308 g/mol. The van der Waals surface area contributed by atoms with Crippen LogP contribution in [0.5, 0.6) is 0 Å². The fraction of sp³-hybridized carbons (Fsp3) is 0.111. The Hall–Kier alpha value is -3.28. The maximum Gasteiger partial charge on any atom is 0.352 e. The monoisotopic (exact) mass is 322 g/mol. The number of carboxylic acids is 1. The fourth-order valence-corrected chi connectivity index (χ4v) is 2.80. The van der Waals surface area contributed by atoms with Crippen LogP contribution in [0, 0.1) is 4.91 Å². The molecule has 1 atom stereocenters. The smallest absolute Gasteiger partial charge is 0.352 e. The van der Waals surface area contributed by atoms with Crippen LogP contribution in [0.3, 0.4) is 0 Å². The van der Waals surface area contributed by atoms with Crippen LogP contribution in [0.25, 0.3) is 10.8 Å². The van der Waals surface area contributed by atoms with Gasteiger partial charge in [0.2, 0.25) is 0 Å². The average molecular weight is 322 g/mol. The summed E-state index contributed by atoms with van der Waals surface area (Å²) in [7, 11) is 1.54. The Morgan fingerprint density at radius 1 is 1.12 bits per heavy atom. The minimum absolute atomic E-state index is 0.00984. The number of aromatic carboxylic acids is 1. The van der Waals surface area contributed by atoms with E-state index in [1.54, 1.807) is 18.2 Å². The predicted molar refractivity (Wildman–Crippen MR) is 89.2 cm³/mol. The normalized spacial score (nSPS) is 12.0. The van der Waals surface area contributed by atoms with Gasteiger partial charge in [0.05, 0.1) is 0 Å². The molecule has 3 aromatic rings. The molecule has 120 valence electrons. The van der Waals surface area contributed by atoms with Crippen LogP contribution in [0.1, 0.15) is 32.5 Å². The number of nitroso groups, excluding NO2 is 1. The van der Waals surface area contributed by atoms with Gasteiger partial charge in [0.1, 0.15) is 5.69 Å². The number of carbonyl (C=O) groups is 2. The molecule has 3 rings (SSSR count). The van der Waals surface area contributed by atoms with Crippen molar-refractivity contribution in [2.24, 2.45) is 12.2 Å². The van der Waals surface area contributed by atoms with Gasteiger partial charge in [-0.1, -0.05) is 47.6 Å². The Morgan fingerprint density at radius 2 is 1.83 bits per heavy atom. The van der Waals surface area contributed by atoms with Crippen molar-refractivity contribution in [2.45, 2.75) is 6.04 Å². The lowest BCUT2D eigenvalue weighted by molar-refractivity contribution is 0.0686. The summed E-state index contributed by atoms with van der Waals surface area (Å²) in [6.07, 6.45) is 1.44. The largest absolute Gasteiger partial charge is 0.477 e. The van der Waals surface area contributed by atoms with Crippen molar-refractivity contribution in [1.82, 2.24) is 4.57 Å². The van der Waals surface area contributed by atoms with Crippen LogP contribution in [-0.4, -0.2) is 21.4 Å². The summed E-state index contributed by atoms with van der Waals surface area (Å²) in [6.45, 7) is 0. The van der Waals surface area contributed by atoms with Gasteiger partial charge in [-0.05, 0) is 16.8 Å². The van der Waals surface area contributed by atoms with Gasteiger partial charge in [-0.15, -0.1) is 4.91 Å². The van der Waals surface area contributed by atoms with E-state index in [0.717, 1.165) is 10.8 Å². The van der Waals surface area contributed by atoms with Crippen molar-refractivity contribution >= 4 is 22.5 Å². The Labute approximate surface area is 137 Å². The van der Waals surface area contributed by atoms with Crippen LogP contribution >= 0.6 is 0 Å². The zero-order valence-electron chi connectivity index (χ0n) is 12.8. The van der Waals surface area contributed by atoms with E-state index in [-0.39, 0.29) is 11.3 Å². The maximum absolute atomic E-state index is 12.8. The highest BCUT2D eigenvalue weighted by Crippen LogP contribution is 2.28. The predicted octanol–water partition coefficient (Wildman–Crippen LogP) is 3.57. The summed E-state index contributed by atoms with van der Waals surface area (Å²) in [5, 5.41) is 13.7. The number of Topliss-reactive ketones (excluding diaryl/α,β-unsaturated/α-hetero) is 1. The molecule has 1 heterocycles. The summed E-state index contributed by atoms with van der Waals surface area (Å²) in [5.41, 5.74) is 0.644. The molecular formula is C18H14N2O4. The highest BCUT2D eigenvalue weighted by Gasteiger charge is 2.27. The van der Waals surface area contributed by atoms with E-state index < -0.39 is 17.8 Å². The third-order valence-electron chi connectivity index (χ3n) is 3.97. The number of benzene rings is 2. The Kier molecular flexibility index (Phi) is 3.95. The maximum atomic E-state index is 12.8. The second-order valence-corrected chi connectivity index (χ2v) is 5.47. The number of aryl methyl sites for hydroxylation is 1. The average Bonchev–Trinajstić information content (AvgIpc) is 2.96. The van der Waals surface area contributed by atoms with Crippen molar-refractivity contribution in [2.75, 3.05) is 0 Å². The second kappa shape index (κ2) is 6.08. The Balaban J connectivity index is 2.08. The van der Waals surface area contributed by atoms with Gasteiger partial charge >= 0.3 is 5.97 Å². The molecule has 1 aromatic heterocycles. The number of carbonyl (C=O) groups excluding carboxylic acids is 1. The lowest BCUT2D eigenvalue weighted by atomic mass is 9.95. The van der Waals surface area contributed by atoms with Gasteiger partial charge in [-0.3, -0.25) is 4.79 Å². The van der Waals surface area contributed by atoms with E-state index in [2.05, 4.69) is 5.18 Å². The van der Waals surface area contributed by atoms with Crippen LogP contribution in [0.15, 0.2) is 59.9 Å². The second-order valence-electron chi connectivity index (χ2n) is 5.47. The molecule has 0 bridgehead atoms. The zero-order valence-corrected chi connectivity index (χ0v) is 12.8. The first-order chi connectivity index (χ1) is 11.5. The van der Waals surface area contributed by atoms with Gasteiger partial charge in [-0.2, -0.15) is 0 Å². The molecule has 0 amide bonds. The molecule has 0 saturated carbocycles. The van der Waals surface area contributed by atoms with Crippen molar-refractivity contribution < 1.29 is 14.7 Å². The number of rotatable bonds is 5. The molecule has 1 N–H and O–H groups in total. The minimum Gasteiger partial charge on any atom is -0.477 e. The van der Waals surface area contributed by atoms with E-state index >= 15 is 0 Å². The highest BCUT2D eigenvalue weighted by atomic mass is 16.4. The third kappa shape index (κ3) is 2.58. The Bertz CT molecular complexity index is 953. The number of nitrogens with zero attached hydrogens (tertiary/aromatic N) is 2. The van der Waals surface area contributed by atoms with Crippen molar-refractivity contribution in [3.05, 3.63) is 76.5 Å². The summed E-state index contributed by atoms with van der Waals surface area (Å²) < 4.78 is 1.35.